The number of hydrogen-bond donors (Lipinski definition) is 3. The Morgan fingerprint density at radius 3 is 2.60 bits per heavy atom. The lowest BCUT2D eigenvalue weighted by Gasteiger charge is -2.06. The number of benzene rings is 2. The normalized spacial score (nSPS) is 10.8. The quantitative estimate of drug-likeness (QED) is 0.510. The van der Waals surface area contributed by atoms with Crippen molar-refractivity contribution in [2.24, 2.45) is 0 Å². The molecule has 124 valence electrons. The average Bonchev–Trinajstić information content (AvgIpc) is 3.19. The van der Waals surface area contributed by atoms with E-state index >= 15 is 0 Å². The fraction of sp³-hybridized carbons (Fsp3) is 0.0556. The zero-order valence-corrected chi connectivity index (χ0v) is 14.2. The van der Waals surface area contributed by atoms with Gasteiger partial charge in [0, 0.05) is 12.6 Å². The minimum Gasteiger partial charge on any atom is -0.340 e. The standard InChI is InChI=1S/C18H15N5OS/c1-11(24)19-16-15(18-21-13-9-5-6-10-14(13)25-18)17(23-22-16)20-12-7-3-2-4-8-12/h2-10H,1H3,(H3,19,20,22,23,24). The van der Waals surface area contributed by atoms with Crippen molar-refractivity contribution in [3.63, 3.8) is 0 Å². The monoisotopic (exact) mass is 349 g/mol. The molecule has 0 radical (unpaired) electrons. The van der Waals surface area contributed by atoms with Crippen LogP contribution < -0.4 is 10.6 Å². The van der Waals surface area contributed by atoms with E-state index in [2.05, 4.69) is 20.8 Å². The van der Waals surface area contributed by atoms with Crippen molar-refractivity contribution in [3.8, 4) is 10.6 Å². The van der Waals surface area contributed by atoms with E-state index in [9.17, 15) is 4.79 Å². The number of aromatic nitrogens is 3. The van der Waals surface area contributed by atoms with Crippen LogP contribution in [0.5, 0.6) is 0 Å². The Morgan fingerprint density at radius 1 is 1.08 bits per heavy atom. The summed E-state index contributed by atoms with van der Waals surface area (Å²) < 4.78 is 1.08. The SMILES string of the molecule is CC(=O)Nc1n[nH]c(Nc2ccccc2)c1-c1nc2ccccc2s1. The van der Waals surface area contributed by atoms with E-state index in [1.165, 1.54) is 6.92 Å². The molecule has 0 unspecified atom stereocenters. The lowest BCUT2D eigenvalue weighted by Crippen LogP contribution is -2.07. The van der Waals surface area contributed by atoms with Crippen LogP contribution in [-0.4, -0.2) is 21.1 Å². The Labute approximate surface area is 147 Å². The van der Waals surface area contributed by atoms with Gasteiger partial charge >= 0.3 is 0 Å². The van der Waals surface area contributed by atoms with Crippen LogP contribution in [0.15, 0.2) is 54.6 Å². The molecule has 0 spiro atoms. The molecule has 6 nitrogen and oxygen atoms in total. The lowest BCUT2D eigenvalue weighted by atomic mass is 10.2. The summed E-state index contributed by atoms with van der Waals surface area (Å²) in [5.74, 6) is 0.971. The second-order valence-electron chi connectivity index (χ2n) is 5.48. The van der Waals surface area contributed by atoms with Crippen molar-refractivity contribution in [2.75, 3.05) is 10.6 Å². The number of H-pyrrole nitrogens is 1. The largest absolute Gasteiger partial charge is 0.340 e. The van der Waals surface area contributed by atoms with Crippen LogP contribution in [0.25, 0.3) is 20.8 Å². The number of aromatic amines is 1. The summed E-state index contributed by atoms with van der Waals surface area (Å²) in [6, 6.07) is 17.7. The maximum absolute atomic E-state index is 11.5. The van der Waals surface area contributed by atoms with Gasteiger partial charge in [-0.25, -0.2) is 4.98 Å². The Balaban J connectivity index is 1.82. The Kier molecular flexibility index (Phi) is 3.91. The van der Waals surface area contributed by atoms with Gasteiger partial charge in [-0.1, -0.05) is 30.3 Å². The third-order valence-electron chi connectivity index (χ3n) is 3.61. The zero-order valence-electron chi connectivity index (χ0n) is 13.4. The smallest absolute Gasteiger partial charge is 0.222 e. The summed E-state index contributed by atoms with van der Waals surface area (Å²) in [7, 11) is 0. The molecule has 2 heterocycles. The van der Waals surface area contributed by atoms with Crippen LogP contribution in [0.2, 0.25) is 0 Å². The van der Waals surface area contributed by atoms with E-state index in [4.69, 9.17) is 4.98 Å². The molecule has 2 aromatic heterocycles. The first-order chi connectivity index (χ1) is 12.2. The van der Waals surface area contributed by atoms with Crippen molar-refractivity contribution in [1.82, 2.24) is 15.2 Å². The summed E-state index contributed by atoms with van der Waals surface area (Å²) in [4.78, 5) is 16.2. The van der Waals surface area contributed by atoms with E-state index < -0.39 is 0 Å². The number of rotatable bonds is 4. The minimum atomic E-state index is -0.180. The maximum atomic E-state index is 11.5. The third-order valence-corrected chi connectivity index (χ3v) is 4.67. The van der Waals surface area contributed by atoms with E-state index in [0.717, 1.165) is 26.5 Å². The van der Waals surface area contributed by atoms with Crippen molar-refractivity contribution >= 4 is 44.8 Å². The maximum Gasteiger partial charge on any atom is 0.222 e. The number of nitrogens with zero attached hydrogens (tertiary/aromatic N) is 2. The van der Waals surface area contributed by atoms with Gasteiger partial charge in [-0.15, -0.1) is 11.3 Å². The van der Waals surface area contributed by atoms with Gasteiger partial charge in [-0.3, -0.25) is 9.89 Å². The molecular weight excluding hydrogens is 334 g/mol. The van der Waals surface area contributed by atoms with E-state index in [1.54, 1.807) is 11.3 Å². The molecule has 4 rings (SSSR count). The highest BCUT2D eigenvalue weighted by molar-refractivity contribution is 7.21. The van der Waals surface area contributed by atoms with Crippen molar-refractivity contribution < 1.29 is 4.79 Å². The van der Waals surface area contributed by atoms with Gasteiger partial charge in [0.2, 0.25) is 5.91 Å². The van der Waals surface area contributed by atoms with Gasteiger partial charge in [0.15, 0.2) is 5.82 Å². The molecule has 0 fully saturated rings. The number of thiazole rings is 1. The molecule has 25 heavy (non-hydrogen) atoms. The molecule has 0 atom stereocenters. The number of amides is 1. The number of hydrogen-bond acceptors (Lipinski definition) is 5. The predicted molar refractivity (Wildman–Crippen MR) is 101 cm³/mol. The molecule has 0 aliphatic rings. The predicted octanol–water partition coefficient (Wildman–Crippen LogP) is 4.39. The molecular formula is C18H15N5OS. The van der Waals surface area contributed by atoms with E-state index in [-0.39, 0.29) is 5.91 Å². The highest BCUT2D eigenvalue weighted by atomic mass is 32.1. The fourth-order valence-corrected chi connectivity index (χ4v) is 3.56. The first-order valence-corrected chi connectivity index (χ1v) is 8.56. The summed E-state index contributed by atoms with van der Waals surface area (Å²) >= 11 is 1.56. The van der Waals surface area contributed by atoms with Gasteiger partial charge in [-0.05, 0) is 24.3 Å². The summed E-state index contributed by atoms with van der Waals surface area (Å²) in [5, 5.41) is 14.1. The van der Waals surface area contributed by atoms with Crippen LogP contribution in [0, 0.1) is 0 Å². The highest BCUT2D eigenvalue weighted by Crippen LogP contribution is 2.39. The molecule has 0 saturated carbocycles. The van der Waals surface area contributed by atoms with Crippen LogP contribution in [0.4, 0.5) is 17.3 Å². The second kappa shape index (κ2) is 6.37. The topological polar surface area (TPSA) is 82.7 Å². The molecule has 3 N–H and O–H groups in total. The molecule has 4 aromatic rings. The van der Waals surface area contributed by atoms with Crippen molar-refractivity contribution in [2.45, 2.75) is 6.92 Å². The fourth-order valence-electron chi connectivity index (χ4n) is 2.54. The van der Waals surface area contributed by atoms with Gasteiger partial charge in [0.05, 0.1) is 15.8 Å². The average molecular weight is 349 g/mol. The van der Waals surface area contributed by atoms with E-state index in [1.807, 2.05) is 54.6 Å². The van der Waals surface area contributed by atoms with Crippen molar-refractivity contribution in [1.29, 1.82) is 0 Å². The van der Waals surface area contributed by atoms with Crippen LogP contribution in [-0.2, 0) is 4.79 Å². The number of fused-ring (bicyclic) bond motifs is 1. The minimum absolute atomic E-state index is 0.180. The summed E-state index contributed by atoms with van der Waals surface area (Å²) in [6.07, 6.45) is 0. The highest BCUT2D eigenvalue weighted by Gasteiger charge is 2.20. The van der Waals surface area contributed by atoms with E-state index in [0.29, 0.717) is 11.6 Å². The van der Waals surface area contributed by atoms with Crippen molar-refractivity contribution in [3.05, 3.63) is 54.6 Å². The molecule has 2 aromatic carbocycles. The number of carbonyl (C=O) groups is 1. The molecule has 0 saturated heterocycles. The van der Waals surface area contributed by atoms with Gasteiger partial charge in [-0.2, -0.15) is 5.10 Å². The lowest BCUT2D eigenvalue weighted by molar-refractivity contribution is -0.114. The number of anilines is 3. The zero-order chi connectivity index (χ0) is 17.2. The number of carbonyl (C=O) groups excluding carboxylic acids is 1. The molecule has 0 bridgehead atoms. The van der Waals surface area contributed by atoms with Gasteiger partial charge in [0.1, 0.15) is 10.8 Å². The van der Waals surface area contributed by atoms with Crippen LogP contribution in [0.1, 0.15) is 6.92 Å². The first-order valence-electron chi connectivity index (χ1n) is 7.74. The number of para-hydroxylation sites is 2. The molecule has 0 aliphatic carbocycles. The van der Waals surface area contributed by atoms with Crippen LogP contribution in [0.3, 0.4) is 0 Å². The van der Waals surface area contributed by atoms with Gasteiger partial charge in [0.25, 0.3) is 0 Å². The first kappa shape index (κ1) is 15.3. The Bertz CT molecular complexity index is 1010. The number of nitrogens with one attached hydrogen (secondary N) is 3. The Hall–Kier alpha value is -3.19. The van der Waals surface area contributed by atoms with Crippen LogP contribution >= 0.6 is 11.3 Å². The Morgan fingerprint density at radius 2 is 1.84 bits per heavy atom. The molecule has 7 heteroatoms. The molecule has 1 amide bonds. The summed E-state index contributed by atoms with van der Waals surface area (Å²) in [5.41, 5.74) is 2.59. The summed E-state index contributed by atoms with van der Waals surface area (Å²) in [6.45, 7) is 1.46. The van der Waals surface area contributed by atoms with Gasteiger partial charge < -0.3 is 10.6 Å². The third kappa shape index (κ3) is 3.09. The molecule has 0 aliphatic heterocycles. The second-order valence-corrected chi connectivity index (χ2v) is 6.51.